The molecule has 2 amide bonds. The smallest absolute Gasteiger partial charge is 0.334 e. The number of rotatable bonds is 6. The van der Waals surface area contributed by atoms with Crippen LogP contribution in [-0.2, 0) is 14.3 Å². The van der Waals surface area contributed by atoms with Crippen molar-refractivity contribution < 1.29 is 24.2 Å². The Morgan fingerprint density at radius 3 is 2.67 bits per heavy atom. The van der Waals surface area contributed by atoms with Gasteiger partial charge in [0.25, 0.3) is 5.91 Å². The summed E-state index contributed by atoms with van der Waals surface area (Å²) in [5, 5.41) is 12.0. The molecule has 1 saturated heterocycles. The minimum absolute atomic E-state index is 0.158. The van der Waals surface area contributed by atoms with E-state index in [2.05, 4.69) is 5.32 Å². The first-order valence-electron chi connectivity index (χ1n) is 7.11. The number of carbonyl (C=O) groups excluding carboxylic acids is 2. The van der Waals surface area contributed by atoms with Crippen LogP contribution in [0.15, 0.2) is 24.3 Å². The number of hydrogen-bond donors (Lipinski definition) is 2. The van der Waals surface area contributed by atoms with E-state index in [1.165, 1.54) is 23.8 Å². The van der Waals surface area contributed by atoms with Gasteiger partial charge >= 0.3 is 5.97 Å². The molecule has 1 aliphatic heterocycles. The molecular weight excluding hydrogens is 356 g/mol. The molecule has 24 heavy (non-hydrogen) atoms. The normalized spacial score (nSPS) is 18.2. The molecule has 0 saturated carbocycles. The standard InChI is InChI=1S/C15H17ClN2O5S/c1-23-12(15(21)22)6-17-13(19)11-7-24-8-18(11)14(20)9-2-4-10(16)5-3-9/h2-5,11-12H,6-8H2,1H3,(H,17,19)(H,21,22). The van der Waals surface area contributed by atoms with Crippen LogP contribution in [0.4, 0.5) is 0 Å². The predicted molar refractivity (Wildman–Crippen MR) is 90.2 cm³/mol. The highest BCUT2D eigenvalue weighted by Crippen LogP contribution is 2.24. The van der Waals surface area contributed by atoms with Gasteiger partial charge in [0.1, 0.15) is 6.04 Å². The number of carboxylic acids is 1. The van der Waals surface area contributed by atoms with Gasteiger partial charge in [-0.1, -0.05) is 11.6 Å². The lowest BCUT2D eigenvalue weighted by molar-refractivity contribution is -0.148. The van der Waals surface area contributed by atoms with Gasteiger partial charge in [-0.2, -0.15) is 0 Å². The Kier molecular flexibility index (Phi) is 6.47. The number of nitrogens with zero attached hydrogens (tertiary/aromatic N) is 1. The quantitative estimate of drug-likeness (QED) is 0.775. The van der Waals surface area contributed by atoms with E-state index in [1.807, 2.05) is 0 Å². The van der Waals surface area contributed by atoms with Crippen LogP contribution in [0, 0.1) is 0 Å². The summed E-state index contributed by atoms with van der Waals surface area (Å²) in [7, 11) is 1.26. The second kappa shape index (κ2) is 8.36. The number of amides is 2. The monoisotopic (exact) mass is 372 g/mol. The Bertz CT molecular complexity index is 625. The highest BCUT2D eigenvalue weighted by Gasteiger charge is 2.35. The minimum Gasteiger partial charge on any atom is -0.479 e. The van der Waals surface area contributed by atoms with Gasteiger partial charge in [0.05, 0.1) is 12.4 Å². The molecule has 1 heterocycles. The minimum atomic E-state index is -1.16. The lowest BCUT2D eigenvalue weighted by atomic mass is 10.1. The van der Waals surface area contributed by atoms with E-state index in [-0.39, 0.29) is 12.5 Å². The molecule has 0 aliphatic carbocycles. The molecule has 1 aromatic carbocycles. The van der Waals surface area contributed by atoms with Gasteiger partial charge in [-0.25, -0.2) is 4.79 Å². The Morgan fingerprint density at radius 2 is 2.08 bits per heavy atom. The van der Waals surface area contributed by atoms with Gasteiger partial charge in [-0.05, 0) is 24.3 Å². The zero-order valence-electron chi connectivity index (χ0n) is 12.9. The molecule has 0 radical (unpaired) electrons. The van der Waals surface area contributed by atoms with Crippen LogP contribution in [0.2, 0.25) is 5.02 Å². The molecule has 1 aliphatic rings. The van der Waals surface area contributed by atoms with E-state index in [0.29, 0.717) is 22.2 Å². The summed E-state index contributed by atoms with van der Waals surface area (Å²) in [4.78, 5) is 37.2. The van der Waals surface area contributed by atoms with Crippen molar-refractivity contribution >= 4 is 41.1 Å². The molecule has 2 rings (SSSR count). The largest absolute Gasteiger partial charge is 0.479 e. The third-order valence-electron chi connectivity index (χ3n) is 3.56. The van der Waals surface area contributed by atoms with Crippen LogP contribution >= 0.6 is 23.4 Å². The summed E-state index contributed by atoms with van der Waals surface area (Å²) in [6.45, 7) is -0.158. The van der Waals surface area contributed by atoms with Gasteiger partial charge < -0.3 is 20.1 Å². The Hall–Kier alpha value is -1.77. The number of carboxylic acid groups (broad SMARTS) is 1. The van der Waals surface area contributed by atoms with Crippen molar-refractivity contribution in [3.8, 4) is 0 Å². The second-order valence-electron chi connectivity index (χ2n) is 5.11. The number of methoxy groups -OCH3 is 1. The van der Waals surface area contributed by atoms with E-state index in [9.17, 15) is 14.4 Å². The summed E-state index contributed by atoms with van der Waals surface area (Å²) < 4.78 is 4.77. The summed E-state index contributed by atoms with van der Waals surface area (Å²) in [6.07, 6.45) is -1.12. The van der Waals surface area contributed by atoms with Crippen molar-refractivity contribution in [3.05, 3.63) is 34.9 Å². The maximum atomic E-state index is 12.5. The van der Waals surface area contributed by atoms with Crippen LogP contribution in [-0.4, -0.2) is 65.2 Å². The van der Waals surface area contributed by atoms with Crippen molar-refractivity contribution in [1.29, 1.82) is 0 Å². The van der Waals surface area contributed by atoms with E-state index in [0.717, 1.165) is 0 Å². The van der Waals surface area contributed by atoms with Gasteiger partial charge in [0.2, 0.25) is 5.91 Å². The van der Waals surface area contributed by atoms with E-state index < -0.39 is 24.0 Å². The SMILES string of the molecule is COC(CNC(=O)C1CSCN1C(=O)c1ccc(Cl)cc1)C(=O)O. The molecule has 0 bridgehead atoms. The van der Waals surface area contributed by atoms with Crippen molar-refractivity contribution in [1.82, 2.24) is 10.2 Å². The number of thioether (sulfide) groups is 1. The topological polar surface area (TPSA) is 95.9 Å². The Labute approximate surface area is 148 Å². The average molecular weight is 373 g/mol. The van der Waals surface area contributed by atoms with Crippen LogP contribution < -0.4 is 5.32 Å². The molecular formula is C15H17ClN2O5S. The van der Waals surface area contributed by atoms with E-state index in [1.54, 1.807) is 24.3 Å². The number of nitrogens with one attached hydrogen (secondary N) is 1. The number of aliphatic carboxylic acids is 1. The maximum absolute atomic E-state index is 12.5. The van der Waals surface area contributed by atoms with E-state index >= 15 is 0 Å². The first-order valence-corrected chi connectivity index (χ1v) is 8.65. The first kappa shape index (κ1) is 18.6. The lowest BCUT2D eigenvalue weighted by Crippen LogP contribution is -2.49. The van der Waals surface area contributed by atoms with Gasteiger partial charge in [-0.15, -0.1) is 11.8 Å². The van der Waals surface area contributed by atoms with Crippen LogP contribution in [0.5, 0.6) is 0 Å². The van der Waals surface area contributed by atoms with Crippen LogP contribution in [0.25, 0.3) is 0 Å². The zero-order valence-corrected chi connectivity index (χ0v) is 14.5. The molecule has 7 nitrogen and oxygen atoms in total. The predicted octanol–water partition coefficient (Wildman–Crippen LogP) is 1.07. The number of halogens is 1. The number of carbonyl (C=O) groups is 3. The maximum Gasteiger partial charge on any atom is 0.334 e. The number of hydrogen-bond acceptors (Lipinski definition) is 5. The molecule has 0 aromatic heterocycles. The number of benzene rings is 1. The third kappa shape index (κ3) is 4.40. The highest BCUT2D eigenvalue weighted by atomic mass is 35.5. The van der Waals surface area contributed by atoms with Crippen molar-refractivity contribution in [3.63, 3.8) is 0 Å². The lowest BCUT2D eigenvalue weighted by Gasteiger charge is -2.23. The molecule has 2 N–H and O–H groups in total. The molecule has 2 atom stereocenters. The van der Waals surface area contributed by atoms with Crippen molar-refractivity contribution in [2.24, 2.45) is 0 Å². The second-order valence-corrected chi connectivity index (χ2v) is 6.54. The fourth-order valence-corrected chi connectivity index (χ4v) is 3.48. The van der Waals surface area contributed by atoms with Crippen molar-refractivity contribution in [2.45, 2.75) is 12.1 Å². The van der Waals surface area contributed by atoms with Gasteiger partial charge in [0.15, 0.2) is 6.10 Å². The molecule has 9 heteroatoms. The fourth-order valence-electron chi connectivity index (χ4n) is 2.20. The van der Waals surface area contributed by atoms with Crippen LogP contribution in [0.1, 0.15) is 10.4 Å². The number of ether oxygens (including phenoxy) is 1. The molecule has 130 valence electrons. The highest BCUT2D eigenvalue weighted by molar-refractivity contribution is 7.99. The van der Waals surface area contributed by atoms with Crippen molar-refractivity contribution in [2.75, 3.05) is 25.3 Å². The van der Waals surface area contributed by atoms with Gasteiger partial charge in [0, 0.05) is 23.4 Å². The Morgan fingerprint density at radius 1 is 1.42 bits per heavy atom. The van der Waals surface area contributed by atoms with E-state index in [4.69, 9.17) is 21.4 Å². The molecule has 2 unspecified atom stereocenters. The fraction of sp³-hybridized carbons (Fsp3) is 0.400. The summed E-state index contributed by atoms with van der Waals surface area (Å²) in [5.41, 5.74) is 0.444. The average Bonchev–Trinajstić information content (AvgIpc) is 3.04. The zero-order chi connectivity index (χ0) is 17.7. The molecule has 0 spiro atoms. The van der Waals surface area contributed by atoms with Gasteiger partial charge in [-0.3, -0.25) is 9.59 Å². The summed E-state index contributed by atoms with van der Waals surface area (Å²) in [5.74, 6) is -0.973. The third-order valence-corrected chi connectivity index (χ3v) is 4.82. The summed E-state index contributed by atoms with van der Waals surface area (Å²) >= 11 is 7.27. The summed E-state index contributed by atoms with van der Waals surface area (Å²) in [6, 6.07) is 5.79. The molecule has 1 fully saturated rings. The molecule has 1 aromatic rings. The first-order chi connectivity index (χ1) is 11.4. The Balaban J connectivity index is 2.01. The van der Waals surface area contributed by atoms with Crippen LogP contribution in [0.3, 0.4) is 0 Å².